The van der Waals surface area contributed by atoms with Crippen LogP contribution in [0.1, 0.15) is 5.56 Å². The van der Waals surface area contributed by atoms with Crippen LogP contribution in [0.5, 0.6) is 0 Å². The summed E-state index contributed by atoms with van der Waals surface area (Å²) in [5, 5.41) is 16.2. The van der Waals surface area contributed by atoms with Gasteiger partial charge in [0.2, 0.25) is 5.91 Å². The molecular weight excluding hydrogens is 260 g/mol. The van der Waals surface area contributed by atoms with Crippen molar-refractivity contribution in [1.82, 2.24) is 10.2 Å². The Morgan fingerprint density at radius 2 is 2.37 bits per heavy atom. The second-order valence-corrected chi connectivity index (χ2v) is 5.57. The third kappa shape index (κ3) is 7.10. The first kappa shape index (κ1) is 15.9. The smallest absolute Gasteiger partial charge is 0.243 e. The average Bonchev–Trinajstić information content (AvgIpc) is 2.86. The quantitative estimate of drug-likeness (QED) is 0.703. The minimum Gasteiger partial charge on any atom is -0.396 e. The molecule has 1 heterocycles. The number of hydrogen-bond acceptors (Lipinski definition) is 4. The van der Waals surface area contributed by atoms with Crippen LogP contribution in [0.4, 0.5) is 0 Å². The lowest BCUT2D eigenvalue weighted by Gasteiger charge is -2.13. The molecule has 2 N–H and O–H groups in total. The van der Waals surface area contributed by atoms with Crippen molar-refractivity contribution in [3.63, 3.8) is 0 Å². The van der Waals surface area contributed by atoms with E-state index >= 15 is 0 Å². The predicted molar refractivity (Wildman–Crippen MR) is 79.3 cm³/mol. The number of aliphatic hydroxyl groups is 1. The summed E-state index contributed by atoms with van der Waals surface area (Å²) in [4.78, 5) is 13.5. The number of nitrogens with zero attached hydrogens (tertiary/aromatic N) is 1. The summed E-state index contributed by atoms with van der Waals surface area (Å²) in [5.41, 5.74) is 1.21. The largest absolute Gasteiger partial charge is 0.396 e. The maximum atomic E-state index is 11.6. The number of likely N-dealkylation sites (N-methyl/N-ethyl adjacent to an activating group) is 1. The van der Waals surface area contributed by atoms with E-state index in [2.05, 4.69) is 10.7 Å². The fraction of sp³-hybridized carbons (Fsp3) is 0.500. The second-order valence-electron chi connectivity index (χ2n) is 4.79. The lowest BCUT2D eigenvalue weighted by Crippen LogP contribution is -2.30. The summed E-state index contributed by atoms with van der Waals surface area (Å²) < 4.78 is 0. The van der Waals surface area contributed by atoms with E-state index in [1.165, 1.54) is 5.56 Å². The van der Waals surface area contributed by atoms with Crippen molar-refractivity contribution in [2.24, 2.45) is 5.92 Å². The van der Waals surface area contributed by atoms with Crippen molar-refractivity contribution in [2.75, 3.05) is 33.8 Å². The van der Waals surface area contributed by atoms with Gasteiger partial charge in [-0.1, -0.05) is 6.08 Å². The molecule has 0 radical (unpaired) electrons. The highest BCUT2D eigenvalue weighted by Crippen LogP contribution is 2.11. The topological polar surface area (TPSA) is 52.6 Å². The fourth-order valence-corrected chi connectivity index (χ4v) is 2.30. The van der Waals surface area contributed by atoms with Crippen molar-refractivity contribution in [3.8, 4) is 0 Å². The molecule has 1 atom stereocenters. The molecule has 0 aromatic carbocycles. The molecule has 106 valence electrons. The normalized spacial score (nSPS) is 13.1. The van der Waals surface area contributed by atoms with Gasteiger partial charge in [-0.25, -0.2) is 0 Å². The van der Waals surface area contributed by atoms with Crippen molar-refractivity contribution < 1.29 is 9.90 Å². The molecule has 5 heteroatoms. The molecule has 0 saturated carbocycles. The van der Waals surface area contributed by atoms with E-state index in [9.17, 15) is 9.90 Å². The maximum Gasteiger partial charge on any atom is 0.243 e. The molecule has 19 heavy (non-hydrogen) atoms. The van der Waals surface area contributed by atoms with Gasteiger partial charge in [0.1, 0.15) is 0 Å². The summed E-state index contributed by atoms with van der Waals surface area (Å²) in [6.07, 6.45) is 4.16. The highest BCUT2D eigenvalue weighted by atomic mass is 32.1. The number of carbonyl (C=O) groups is 1. The first-order valence-corrected chi connectivity index (χ1v) is 7.27. The van der Waals surface area contributed by atoms with Gasteiger partial charge in [-0.05, 0) is 42.9 Å². The molecule has 0 bridgehead atoms. The lowest BCUT2D eigenvalue weighted by atomic mass is 10.0. The first-order chi connectivity index (χ1) is 9.11. The van der Waals surface area contributed by atoms with E-state index in [0.717, 1.165) is 13.0 Å². The molecule has 4 nitrogen and oxygen atoms in total. The van der Waals surface area contributed by atoms with Crippen LogP contribution in [-0.2, 0) is 11.2 Å². The number of carbonyl (C=O) groups excluding carboxylic acids is 1. The van der Waals surface area contributed by atoms with Gasteiger partial charge in [0.25, 0.3) is 0 Å². The Morgan fingerprint density at radius 1 is 1.58 bits per heavy atom. The van der Waals surface area contributed by atoms with Crippen LogP contribution in [0.25, 0.3) is 0 Å². The van der Waals surface area contributed by atoms with E-state index in [0.29, 0.717) is 6.54 Å². The summed E-state index contributed by atoms with van der Waals surface area (Å²) >= 11 is 1.65. The Balaban J connectivity index is 2.28. The van der Waals surface area contributed by atoms with E-state index < -0.39 is 0 Å². The summed E-state index contributed by atoms with van der Waals surface area (Å²) in [6, 6.07) is 2.05. The molecule has 0 saturated heterocycles. The Bertz CT molecular complexity index is 388. The molecule has 0 aliphatic heterocycles. The minimum absolute atomic E-state index is 0.0702. The second kappa shape index (κ2) is 8.85. The number of thiophene rings is 1. The third-order valence-corrected chi connectivity index (χ3v) is 3.40. The minimum atomic E-state index is -0.106. The van der Waals surface area contributed by atoms with Gasteiger partial charge in [0.15, 0.2) is 0 Å². The molecular formula is C14H22N2O2S. The maximum absolute atomic E-state index is 11.6. The van der Waals surface area contributed by atoms with Crippen LogP contribution in [0.15, 0.2) is 29.0 Å². The number of hydrogen-bond donors (Lipinski definition) is 2. The Kier molecular flexibility index (Phi) is 7.40. The van der Waals surface area contributed by atoms with Crippen LogP contribution in [0, 0.1) is 5.92 Å². The molecule has 1 rings (SSSR count). The zero-order valence-corrected chi connectivity index (χ0v) is 12.3. The monoisotopic (exact) mass is 282 g/mol. The van der Waals surface area contributed by atoms with Gasteiger partial charge >= 0.3 is 0 Å². The van der Waals surface area contributed by atoms with Crippen LogP contribution in [0.3, 0.4) is 0 Å². The number of nitrogens with one attached hydrogen (secondary N) is 1. The van der Waals surface area contributed by atoms with Gasteiger partial charge in [-0.3, -0.25) is 4.79 Å². The van der Waals surface area contributed by atoms with Crippen molar-refractivity contribution >= 4 is 17.2 Å². The SMILES string of the molecule is CN(C)C/C=C/C(=O)NCC(CO)Cc1ccsc1. The third-order valence-electron chi connectivity index (χ3n) is 2.67. The number of rotatable bonds is 8. The highest BCUT2D eigenvalue weighted by molar-refractivity contribution is 7.07. The molecule has 0 spiro atoms. The van der Waals surface area contributed by atoms with Gasteiger partial charge in [0, 0.05) is 31.7 Å². The van der Waals surface area contributed by atoms with Gasteiger partial charge in [0.05, 0.1) is 0 Å². The van der Waals surface area contributed by atoms with Gasteiger partial charge in [-0.2, -0.15) is 11.3 Å². The van der Waals surface area contributed by atoms with E-state index in [4.69, 9.17) is 0 Å². The highest BCUT2D eigenvalue weighted by Gasteiger charge is 2.09. The molecule has 0 aliphatic carbocycles. The first-order valence-electron chi connectivity index (χ1n) is 6.33. The lowest BCUT2D eigenvalue weighted by molar-refractivity contribution is -0.116. The molecule has 0 fully saturated rings. The molecule has 1 unspecified atom stereocenters. The summed E-state index contributed by atoms with van der Waals surface area (Å²) in [5.74, 6) is -0.0357. The van der Waals surface area contributed by atoms with Gasteiger partial charge < -0.3 is 15.3 Å². The molecule has 1 aromatic rings. The van der Waals surface area contributed by atoms with Gasteiger partial charge in [-0.15, -0.1) is 0 Å². The average molecular weight is 282 g/mol. The van der Waals surface area contributed by atoms with Crippen molar-refractivity contribution in [2.45, 2.75) is 6.42 Å². The zero-order valence-electron chi connectivity index (χ0n) is 11.5. The van der Waals surface area contributed by atoms with E-state index in [1.54, 1.807) is 17.4 Å². The zero-order chi connectivity index (χ0) is 14.1. The number of aliphatic hydroxyl groups excluding tert-OH is 1. The predicted octanol–water partition coefficient (Wildman–Crippen LogP) is 1.13. The number of amides is 1. The van der Waals surface area contributed by atoms with Crippen LogP contribution in [0.2, 0.25) is 0 Å². The Hall–Kier alpha value is -1.17. The van der Waals surface area contributed by atoms with Crippen molar-refractivity contribution in [3.05, 3.63) is 34.5 Å². The summed E-state index contributed by atoms with van der Waals surface area (Å²) in [6.45, 7) is 1.32. The summed E-state index contributed by atoms with van der Waals surface area (Å²) in [7, 11) is 3.90. The van der Waals surface area contributed by atoms with Crippen LogP contribution >= 0.6 is 11.3 Å². The van der Waals surface area contributed by atoms with Crippen LogP contribution < -0.4 is 5.32 Å². The Morgan fingerprint density at radius 3 is 2.95 bits per heavy atom. The van der Waals surface area contributed by atoms with E-state index in [-0.39, 0.29) is 18.4 Å². The van der Waals surface area contributed by atoms with Crippen molar-refractivity contribution in [1.29, 1.82) is 0 Å². The fourth-order valence-electron chi connectivity index (χ4n) is 1.62. The Labute approximate surface area is 118 Å². The molecule has 0 aliphatic rings. The standard InChI is InChI=1S/C14H22N2O2S/c1-16(2)6-3-4-14(18)15-9-13(10-17)8-12-5-7-19-11-12/h3-5,7,11,13,17H,6,8-10H2,1-2H3,(H,15,18)/b4-3+. The van der Waals surface area contributed by atoms with E-state index in [1.807, 2.05) is 36.5 Å². The van der Waals surface area contributed by atoms with Crippen LogP contribution in [-0.4, -0.2) is 49.7 Å². The molecule has 1 aromatic heterocycles. The molecule has 1 amide bonds.